The maximum Gasteiger partial charge on any atom is 0.267 e. The summed E-state index contributed by atoms with van der Waals surface area (Å²) < 4.78 is 1.68. The largest absolute Gasteiger partial charge is 0.290 e. The van der Waals surface area contributed by atoms with E-state index in [1.165, 1.54) is 0 Å². The molecule has 1 aliphatic heterocycles. The minimum atomic E-state index is 0.123. The third-order valence-corrected chi connectivity index (χ3v) is 4.96. The average molecular weight is 256 g/mol. The van der Waals surface area contributed by atoms with Crippen molar-refractivity contribution in [2.45, 2.75) is 42.0 Å². The highest BCUT2D eigenvalue weighted by Crippen LogP contribution is 2.33. The SMILES string of the molecule is CCCSc1nc2c(c(=O)n1C)SC(C)C2. The van der Waals surface area contributed by atoms with Crippen molar-refractivity contribution in [3.63, 3.8) is 0 Å². The van der Waals surface area contributed by atoms with Gasteiger partial charge in [0, 0.05) is 24.5 Å². The Labute approximate surface area is 104 Å². The summed E-state index contributed by atoms with van der Waals surface area (Å²) in [4.78, 5) is 17.5. The van der Waals surface area contributed by atoms with Crippen LogP contribution in [0.3, 0.4) is 0 Å². The van der Waals surface area contributed by atoms with Gasteiger partial charge in [0.05, 0.1) is 10.6 Å². The number of rotatable bonds is 3. The van der Waals surface area contributed by atoms with E-state index in [2.05, 4.69) is 18.8 Å². The lowest BCUT2D eigenvalue weighted by Crippen LogP contribution is -2.22. The molecule has 0 bridgehead atoms. The quantitative estimate of drug-likeness (QED) is 0.614. The summed E-state index contributed by atoms with van der Waals surface area (Å²) in [5, 5.41) is 1.35. The molecule has 1 unspecified atom stereocenters. The van der Waals surface area contributed by atoms with Gasteiger partial charge >= 0.3 is 0 Å². The molecule has 0 spiro atoms. The molecule has 16 heavy (non-hydrogen) atoms. The van der Waals surface area contributed by atoms with Crippen molar-refractivity contribution in [1.82, 2.24) is 9.55 Å². The number of fused-ring (bicyclic) bond motifs is 1. The average Bonchev–Trinajstić information content (AvgIpc) is 2.62. The van der Waals surface area contributed by atoms with Gasteiger partial charge in [-0.15, -0.1) is 11.8 Å². The van der Waals surface area contributed by atoms with E-state index in [1.54, 1.807) is 28.1 Å². The summed E-state index contributed by atoms with van der Waals surface area (Å²) in [5.41, 5.74) is 1.12. The molecule has 0 saturated carbocycles. The molecule has 0 aromatic carbocycles. The Hall–Kier alpha value is -0.420. The van der Waals surface area contributed by atoms with Crippen LogP contribution in [0.1, 0.15) is 26.0 Å². The van der Waals surface area contributed by atoms with Gasteiger partial charge in [0.15, 0.2) is 5.16 Å². The van der Waals surface area contributed by atoms with E-state index < -0.39 is 0 Å². The van der Waals surface area contributed by atoms with Crippen LogP contribution in [-0.2, 0) is 13.5 Å². The first-order chi connectivity index (χ1) is 7.63. The first-order valence-electron chi connectivity index (χ1n) is 5.52. The molecular weight excluding hydrogens is 240 g/mol. The van der Waals surface area contributed by atoms with Crippen molar-refractivity contribution in [2.75, 3.05) is 5.75 Å². The van der Waals surface area contributed by atoms with Crippen molar-refractivity contribution >= 4 is 23.5 Å². The Morgan fingerprint density at radius 1 is 1.62 bits per heavy atom. The third kappa shape index (κ3) is 2.15. The lowest BCUT2D eigenvalue weighted by molar-refractivity contribution is 0.665. The van der Waals surface area contributed by atoms with E-state index in [-0.39, 0.29) is 5.56 Å². The van der Waals surface area contributed by atoms with Crippen LogP contribution in [0.15, 0.2) is 14.8 Å². The molecule has 88 valence electrons. The molecule has 0 saturated heterocycles. The van der Waals surface area contributed by atoms with Crippen molar-refractivity contribution < 1.29 is 0 Å². The second kappa shape index (κ2) is 4.84. The van der Waals surface area contributed by atoms with Crippen LogP contribution in [0.2, 0.25) is 0 Å². The number of aromatic nitrogens is 2. The zero-order valence-electron chi connectivity index (χ0n) is 9.82. The second-order valence-corrected chi connectivity index (χ2v) is 6.53. The fourth-order valence-electron chi connectivity index (χ4n) is 1.70. The molecule has 1 aromatic rings. The van der Waals surface area contributed by atoms with Gasteiger partial charge in [-0.3, -0.25) is 9.36 Å². The summed E-state index contributed by atoms with van der Waals surface area (Å²) in [6.07, 6.45) is 2.03. The molecule has 1 aromatic heterocycles. The predicted molar refractivity (Wildman–Crippen MR) is 69.5 cm³/mol. The number of nitrogens with zero attached hydrogens (tertiary/aromatic N) is 2. The minimum absolute atomic E-state index is 0.123. The molecule has 0 fully saturated rings. The van der Waals surface area contributed by atoms with Gasteiger partial charge in [0.2, 0.25) is 0 Å². The van der Waals surface area contributed by atoms with Gasteiger partial charge in [-0.2, -0.15) is 0 Å². The van der Waals surface area contributed by atoms with Gasteiger partial charge in [-0.1, -0.05) is 25.6 Å². The Morgan fingerprint density at radius 3 is 3.06 bits per heavy atom. The number of hydrogen-bond acceptors (Lipinski definition) is 4. The van der Waals surface area contributed by atoms with Crippen LogP contribution in [0.4, 0.5) is 0 Å². The number of hydrogen-bond donors (Lipinski definition) is 0. The van der Waals surface area contributed by atoms with Gasteiger partial charge in [-0.25, -0.2) is 4.98 Å². The van der Waals surface area contributed by atoms with Gasteiger partial charge in [-0.05, 0) is 6.42 Å². The second-order valence-electron chi connectivity index (χ2n) is 4.02. The van der Waals surface area contributed by atoms with Crippen LogP contribution in [-0.4, -0.2) is 20.6 Å². The molecule has 0 N–H and O–H groups in total. The molecule has 1 atom stereocenters. The molecule has 0 radical (unpaired) electrons. The standard InChI is InChI=1S/C11H16N2OS2/c1-4-5-15-11-12-8-6-7(2)16-9(8)10(14)13(11)3/h7H,4-6H2,1-3H3. The summed E-state index contributed by atoms with van der Waals surface area (Å²) >= 11 is 3.33. The normalized spacial score (nSPS) is 18.8. The van der Waals surface area contributed by atoms with E-state index in [1.807, 2.05) is 7.05 Å². The zero-order valence-corrected chi connectivity index (χ0v) is 11.5. The smallest absolute Gasteiger partial charge is 0.267 e. The van der Waals surface area contributed by atoms with Crippen LogP contribution in [0.5, 0.6) is 0 Å². The lowest BCUT2D eigenvalue weighted by Gasteiger charge is -2.08. The van der Waals surface area contributed by atoms with E-state index in [0.717, 1.165) is 34.3 Å². The molecule has 1 aliphatic rings. The van der Waals surface area contributed by atoms with Crippen LogP contribution in [0.25, 0.3) is 0 Å². The summed E-state index contributed by atoms with van der Waals surface area (Å²) in [6.45, 7) is 4.28. The monoisotopic (exact) mass is 256 g/mol. The maximum atomic E-state index is 12.1. The summed E-state index contributed by atoms with van der Waals surface area (Å²) in [5.74, 6) is 1.02. The highest BCUT2D eigenvalue weighted by atomic mass is 32.2. The highest BCUT2D eigenvalue weighted by Gasteiger charge is 2.25. The fourth-order valence-corrected chi connectivity index (χ4v) is 3.68. The molecule has 2 heterocycles. The Balaban J connectivity index is 2.40. The van der Waals surface area contributed by atoms with Crippen molar-refractivity contribution in [2.24, 2.45) is 7.05 Å². The van der Waals surface area contributed by atoms with Crippen LogP contribution >= 0.6 is 23.5 Å². The Bertz CT molecular complexity index is 456. The fraction of sp³-hybridized carbons (Fsp3) is 0.636. The van der Waals surface area contributed by atoms with Gasteiger partial charge in [0.1, 0.15) is 0 Å². The van der Waals surface area contributed by atoms with Crippen molar-refractivity contribution in [3.05, 3.63) is 16.0 Å². The maximum absolute atomic E-state index is 12.1. The van der Waals surface area contributed by atoms with Crippen molar-refractivity contribution in [1.29, 1.82) is 0 Å². The molecule has 3 nitrogen and oxygen atoms in total. The molecular formula is C11H16N2OS2. The molecule has 5 heteroatoms. The van der Waals surface area contributed by atoms with Gasteiger partial charge < -0.3 is 0 Å². The van der Waals surface area contributed by atoms with Crippen LogP contribution < -0.4 is 5.56 Å². The van der Waals surface area contributed by atoms with E-state index in [0.29, 0.717) is 5.25 Å². The van der Waals surface area contributed by atoms with Gasteiger partial charge in [0.25, 0.3) is 5.56 Å². The van der Waals surface area contributed by atoms with Crippen LogP contribution in [0, 0.1) is 0 Å². The first kappa shape index (κ1) is 12.0. The minimum Gasteiger partial charge on any atom is -0.290 e. The third-order valence-electron chi connectivity index (χ3n) is 2.51. The Kier molecular flexibility index (Phi) is 3.64. The summed E-state index contributed by atoms with van der Waals surface area (Å²) in [7, 11) is 1.82. The Morgan fingerprint density at radius 2 is 2.38 bits per heavy atom. The molecule has 0 aliphatic carbocycles. The van der Waals surface area contributed by atoms with Crippen molar-refractivity contribution in [3.8, 4) is 0 Å². The van der Waals surface area contributed by atoms with E-state index >= 15 is 0 Å². The van der Waals surface area contributed by atoms with E-state index in [4.69, 9.17) is 0 Å². The highest BCUT2D eigenvalue weighted by molar-refractivity contribution is 8.00. The molecule has 2 rings (SSSR count). The first-order valence-corrected chi connectivity index (χ1v) is 7.39. The summed E-state index contributed by atoms with van der Waals surface area (Å²) in [6, 6.07) is 0. The predicted octanol–water partition coefficient (Wildman–Crippen LogP) is 2.32. The zero-order chi connectivity index (χ0) is 11.7. The van der Waals surface area contributed by atoms with E-state index in [9.17, 15) is 4.79 Å². The molecule has 0 amide bonds. The topological polar surface area (TPSA) is 34.9 Å². The number of thioether (sulfide) groups is 2. The lowest BCUT2D eigenvalue weighted by atomic mass is 10.2.